The number of carbonyl (C=O) groups excluding carboxylic acids is 1. The van der Waals surface area contributed by atoms with Crippen molar-refractivity contribution >= 4 is 5.97 Å². The molecule has 0 aromatic rings. The van der Waals surface area contributed by atoms with Crippen LogP contribution in [-0.4, -0.2) is 12.6 Å². The Bertz CT molecular complexity index is 279. The molecule has 0 fully saturated rings. The van der Waals surface area contributed by atoms with E-state index in [4.69, 9.17) is 4.74 Å². The lowest BCUT2D eigenvalue weighted by Crippen LogP contribution is -2.05. The van der Waals surface area contributed by atoms with Gasteiger partial charge in [0.05, 0.1) is 6.61 Å². The summed E-state index contributed by atoms with van der Waals surface area (Å²) in [5.74, 6) is -0.0193. The molecule has 21 heavy (non-hydrogen) atoms. The van der Waals surface area contributed by atoms with E-state index in [0.29, 0.717) is 13.0 Å². The van der Waals surface area contributed by atoms with E-state index >= 15 is 0 Å². The molecule has 0 aromatic carbocycles. The minimum Gasteiger partial charge on any atom is -0.466 e. The summed E-state index contributed by atoms with van der Waals surface area (Å²) >= 11 is 0. The van der Waals surface area contributed by atoms with Crippen LogP contribution in [0.1, 0.15) is 84.5 Å². The van der Waals surface area contributed by atoms with Gasteiger partial charge in [-0.1, -0.05) is 50.0 Å². The van der Waals surface area contributed by atoms with Gasteiger partial charge < -0.3 is 4.74 Å². The fourth-order valence-electron chi connectivity index (χ4n) is 2.19. The minimum atomic E-state index is -0.0193. The number of hydrogen-bond acceptors (Lipinski definition) is 2. The molecule has 0 aliphatic carbocycles. The summed E-state index contributed by atoms with van der Waals surface area (Å²) in [5.41, 5.74) is 0. The predicted octanol–water partition coefficient (Wildman–Crippen LogP) is 5.97. The fraction of sp³-hybridized carbons (Fsp3) is 0.737. The van der Waals surface area contributed by atoms with Crippen molar-refractivity contribution in [3.63, 3.8) is 0 Å². The standard InChI is InChI=1S/C19H34O2/c1-3-5-7-9-10-11-12-13-15-17-19(20)21-18-16-14-8-6-4-2/h3-6H,7-18H2,1-2H3/b5-3+,6-4+. The van der Waals surface area contributed by atoms with Crippen LogP contribution in [0.3, 0.4) is 0 Å². The second-order valence-corrected chi connectivity index (χ2v) is 5.51. The number of hydrogen-bond donors (Lipinski definition) is 0. The third-order valence-electron chi connectivity index (χ3n) is 3.50. The summed E-state index contributed by atoms with van der Waals surface area (Å²) in [4.78, 5) is 11.5. The molecule has 0 aliphatic rings. The smallest absolute Gasteiger partial charge is 0.305 e. The highest BCUT2D eigenvalue weighted by molar-refractivity contribution is 5.69. The van der Waals surface area contributed by atoms with E-state index in [-0.39, 0.29) is 5.97 Å². The van der Waals surface area contributed by atoms with Gasteiger partial charge in [0.2, 0.25) is 0 Å². The molecule has 0 aromatic heterocycles. The number of unbranched alkanes of at least 4 members (excludes halogenated alkanes) is 8. The Labute approximate surface area is 131 Å². The third kappa shape index (κ3) is 16.9. The lowest BCUT2D eigenvalue weighted by atomic mass is 10.1. The molecular weight excluding hydrogens is 260 g/mol. The van der Waals surface area contributed by atoms with E-state index in [2.05, 4.69) is 31.2 Å². The molecule has 0 radical (unpaired) electrons. The van der Waals surface area contributed by atoms with Crippen molar-refractivity contribution in [1.29, 1.82) is 0 Å². The van der Waals surface area contributed by atoms with Gasteiger partial charge >= 0.3 is 5.97 Å². The first kappa shape index (κ1) is 19.9. The molecule has 0 aliphatic heterocycles. The van der Waals surface area contributed by atoms with Crippen molar-refractivity contribution in [3.05, 3.63) is 24.3 Å². The first-order valence-electron chi connectivity index (χ1n) is 8.69. The number of carbonyl (C=O) groups is 1. The van der Waals surface area contributed by atoms with Crippen LogP contribution in [0.25, 0.3) is 0 Å². The van der Waals surface area contributed by atoms with Crippen LogP contribution in [0, 0.1) is 0 Å². The Balaban J connectivity index is 3.19. The molecule has 0 N–H and O–H groups in total. The number of allylic oxidation sites excluding steroid dienone is 4. The van der Waals surface area contributed by atoms with Gasteiger partial charge in [0.1, 0.15) is 0 Å². The Kier molecular flexibility index (Phi) is 16.2. The molecule has 0 saturated heterocycles. The zero-order valence-corrected chi connectivity index (χ0v) is 14.1. The van der Waals surface area contributed by atoms with Gasteiger partial charge in [-0.2, -0.15) is 0 Å². The molecule has 0 rings (SSSR count). The van der Waals surface area contributed by atoms with Crippen LogP contribution in [0.15, 0.2) is 24.3 Å². The van der Waals surface area contributed by atoms with Crippen LogP contribution in [-0.2, 0) is 9.53 Å². The Hall–Kier alpha value is -1.05. The van der Waals surface area contributed by atoms with Crippen molar-refractivity contribution in [2.24, 2.45) is 0 Å². The van der Waals surface area contributed by atoms with E-state index in [1.165, 1.54) is 32.1 Å². The first-order chi connectivity index (χ1) is 10.3. The fourth-order valence-corrected chi connectivity index (χ4v) is 2.19. The normalized spacial score (nSPS) is 11.5. The Morgan fingerprint density at radius 3 is 1.90 bits per heavy atom. The zero-order chi connectivity index (χ0) is 15.6. The number of rotatable bonds is 14. The Morgan fingerprint density at radius 1 is 0.762 bits per heavy atom. The largest absolute Gasteiger partial charge is 0.466 e. The van der Waals surface area contributed by atoms with E-state index in [0.717, 1.165) is 32.1 Å². The summed E-state index contributed by atoms with van der Waals surface area (Å²) < 4.78 is 5.22. The SMILES string of the molecule is C/C=C/CCCCCCCCC(=O)OCCCC/C=C/C. The average molecular weight is 294 g/mol. The van der Waals surface area contributed by atoms with Crippen LogP contribution in [0.4, 0.5) is 0 Å². The second kappa shape index (κ2) is 17.0. The highest BCUT2D eigenvalue weighted by Crippen LogP contribution is 2.09. The second-order valence-electron chi connectivity index (χ2n) is 5.51. The topological polar surface area (TPSA) is 26.3 Å². The van der Waals surface area contributed by atoms with Gasteiger partial charge in [-0.3, -0.25) is 4.79 Å². The minimum absolute atomic E-state index is 0.0193. The van der Waals surface area contributed by atoms with Crippen molar-refractivity contribution < 1.29 is 9.53 Å². The highest BCUT2D eigenvalue weighted by Gasteiger charge is 2.02. The lowest BCUT2D eigenvalue weighted by molar-refractivity contribution is -0.143. The van der Waals surface area contributed by atoms with Gasteiger partial charge in [-0.15, -0.1) is 0 Å². The summed E-state index contributed by atoms with van der Waals surface area (Å²) in [6.07, 6.45) is 20.8. The van der Waals surface area contributed by atoms with E-state index < -0.39 is 0 Å². The van der Waals surface area contributed by atoms with Crippen molar-refractivity contribution in [2.75, 3.05) is 6.61 Å². The molecule has 2 nitrogen and oxygen atoms in total. The zero-order valence-electron chi connectivity index (χ0n) is 14.1. The quantitative estimate of drug-likeness (QED) is 0.224. The van der Waals surface area contributed by atoms with Gasteiger partial charge in [-0.25, -0.2) is 0 Å². The van der Waals surface area contributed by atoms with Crippen LogP contribution in [0.2, 0.25) is 0 Å². The highest BCUT2D eigenvalue weighted by atomic mass is 16.5. The molecule has 2 heteroatoms. The summed E-state index contributed by atoms with van der Waals surface area (Å²) in [7, 11) is 0. The predicted molar refractivity (Wildman–Crippen MR) is 91.4 cm³/mol. The monoisotopic (exact) mass is 294 g/mol. The molecular formula is C19H34O2. The molecule has 0 bridgehead atoms. The van der Waals surface area contributed by atoms with Gasteiger partial charge in [0, 0.05) is 6.42 Å². The molecule has 0 unspecified atom stereocenters. The molecule has 0 heterocycles. The average Bonchev–Trinajstić information content (AvgIpc) is 2.49. The molecule has 0 spiro atoms. The molecule has 0 atom stereocenters. The van der Waals surface area contributed by atoms with Crippen molar-refractivity contribution in [2.45, 2.75) is 84.5 Å². The molecule has 0 saturated carbocycles. The van der Waals surface area contributed by atoms with Gasteiger partial charge in [0.15, 0.2) is 0 Å². The van der Waals surface area contributed by atoms with E-state index in [1.807, 2.05) is 6.92 Å². The van der Waals surface area contributed by atoms with E-state index in [9.17, 15) is 4.79 Å². The van der Waals surface area contributed by atoms with Crippen LogP contribution < -0.4 is 0 Å². The molecule has 0 amide bonds. The van der Waals surface area contributed by atoms with Crippen molar-refractivity contribution in [1.82, 2.24) is 0 Å². The third-order valence-corrected chi connectivity index (χ3v) is 3.50. The maximum absolute atomic E-state index is 11.5. The lowest BCUT2D eigenvalue weighted by Gasteiger charge is -2.04. The van der Waals surface area contributed by atoms with Gasteiger partial charge in [-0.05, 0) is 52.4 Å². The van der Waals surface area contributed by atoms with Crippen molar-refractivity contribution in [3.8, 4) is 0 Å². The molecule has 122 valence electrons. The Morgan fingerprint density at radius 2 is 1.29 bits per heavy atom. The maximum Gasteiger partial charge on any atom is 0.305 e. The first-order valence-corrected chi connectivity index (χ1v) is 8.69. The number of ether oxygens (including phenoxy) is 1. The summed E-state index contributed by atoms with van der Waals surface area (Å²) in [6, 6.07) is 0. The van der Waals surface area contributed by atoms with Crippen LogP contribution in [0.5, 0.6) is 0 Å². The number of esters is 1. The van der Waals surface area contributed by atoms with Crippen LogP contribution >= 0.6 is 0 Å². The maximum atomic E-state index is 11.5. The van der Waals surface area contributed by atoms with Gasteiger partial charge in [0.25, 0.3) is 0 Å². The summed E-state index contributed by atoms with van der Waals surface area (Å²) in [5, 5.41) is 0. The summed E-state index contributed by atoms with van der Waals surface area (Å²) in [6.45, 7) is 4.69. The van der Waals surface area contributed by atoms with E-state index in [1.54, 1.807) is 0 Å².